The average Bonchev–Trinajstić information content (AvgIpc) is 2.87. The lowest BCUT2D eigenvalue weighted by molar-refractivity contribution is 0.404. The van der Waals surface area contributed by atoms with Gasteiger partial charge in [0.2, 0.25) is 10.0 Å². The van der Waals surface area contributed by atoms with Gasteiger partial charge in [-0.3, -0.25) is 0 Å². The molecule has 21 heavy (non-hydrogen) atoms. The van der Waals surface area contributed by atoms with E-state index in [-0.39, 0.29) is 0 Å². The number of rotatable bonds is 6. The van der Waals surface area contributed by atoms with E-state index in [1.807, 2.05) is 17.1 Å². The van der Waals surface area contributed by atoms with Crippen LogP contribution in [0.15, 0.2) is 16.3 Å². The monoisotopic (exact) mass is 348 g/mol. The summed E-state index contributed by atoms with van der Waals surface area (Å²) in [5, 5.41) is 5.87. The number of hydrogen-bond acceptors (Lipinski definition) is 5. The summed E-state index contributed by atoms with van der Waals surface area (Å²) in [5.41, 5.74) is 0. The van der Waals surface area contributed by atoms with E-state index in [1.165, 1.54) is 11.3 Å². The van der Waals surface area contributed by atoms with Crippen molar-refractivity contribution >= 4 is 33.1 Å². The Hall–Kier alpha value is -0.0800. The summed E-state index contributed by atoms with van der Waals surface area (Å²) in [7, 11) is -3.36. The van der Waals surface area contributed by atoms with Crippen LogP contribution in [0.25, 0.3) is 0 Å². The lowest BCUT2D eigenvalue weighted by atomic mass is 10.4. The van der Waals surface area contributed by atoms with E-state index in [1.54, 1.807) is 10.4 Å². The zero-order valence-corrected chi connectivity index (χ0v) is 15.3. The minimum absolute atomic E-state index is 0.351. The molecule has 1 aromatic heterocycles. The minimum Gasteiger partial charge on any atom is -0.312 e. The van der Waals surface area contributed by atoms with Crippen molar-refractivity contribution in [3.8, 4) is 0 Å². The van der Waals surface area contributed by atoms with Crippen LogP contribution >= 0.6 is 23.1 Å². The predicted octanol–water partition coefficient (Wildman–Crippen LogP) is 2.76. The van der Waals surface area contributed by atoms with Crippen LogP contribution < -0.4 is 5.32 Å². The van der Waals surface area contributed by atoms with E-state index in [0.29, 0.717) is 35.0 Å². The summed E-state index contributed by atoms with van der Waals surface area (Å²) in [6.45, 7) is 9.05. The Morgan fingerprint density at radius 3 is 2.62 bits per heavy atom. The second kappa shape index (κ2) is 7.46. The van der Waals surface area contributed by atoms with Gasteiger partial charge in [-0.05, 0) is 24.4 Å². The number of thiophene rings is 1. The molecule has 1 aliphatic rings. The van der Waals surface area contributed by atoms with E-state index in [4.69, 9.17) is 0 Å². The van der Waals surface area contributed by atoms with Gasteiger partial charge in [0.05, 0.1) is 4.90 Å². The molecule has 0 radical (unpaired) electrons. The molecule has 1 saturated heterocycles. The fourth-order valence-corrected chi connectivity index (χ4v) is 7.05. The van der Waals surface area contributed by atoms with Gasteiger partial charge in [-0.15, -0.1) is 11.3 Å². The van der Waals surface area contributed by atoms with Crippen molar-refractivity contribution in [1.29, 1.82) is 0 Å². The molecule has 4 nitrogen and oxygen atoms in total. The molecule has 0 aromatic carbocycles. The van der Waals surface area contributed by atoms with Crippen LogP contribution in [0.3, 0.4) is 0 Å². The van der Waals surface area contributed by atoms with Crippen LogP contribution in [0, 0.1) is 0 Å². The number of sulfonamides is 1. The second-order valence-corrected chi connectivity index (χ2v) is 10.3. The highest BCUT2D eigenvalue weighted by Gasteiger charge is 2.33. The van der Waals surface area contributed by atoms with Gasteiger partial charge in [-0.25, -0.2) is 8.42 Å². The van der Waals surface area contributed by atoms with Crippen molar-refractivity contribution < 1.29 is 8.42 Å². The van der Waals surface area contributed by atoms with Crippen molar-refractivity contribution in [1.82, 2.24) is 9.62 Å². The van der Waals surface area contributed by atoms with Crippen molar-refractivity contribution in [3.63, 3.8) is 0 Å². The van der Waals surface area contributed by atoms with Gasteiger partial charge in [-0.2, -0.15) is 16.1 Å². The molecule has 2 atom stereocenters. The summed E-state index contributed by atoms with van der Waals surface area (Å²) in [6, 6.07) is 1.75. The predicted molar refractivity (Wildman–Crippen MR) is 91.6 cm³/mol. The molecule has 0 saturated carbocycles. The summed E-state index contributed by atoms with van der Waals surface area (Å²) in [6.07, 6.45) is 1.05. The first-order chi connectivity index (χ1) is 9.95. The van der Waals surface area contributed by atoms with E-state index >= 15 is 0 Å². The first kappa shape index (κ1) is 17.3. The van der Waals surface area contributed by atoms with E-state index in [2.05, 4.69) is 26.1 Å². The molecule has 0 spiro atoms. The maximum absolute atomic E-state index is 12.9. The molecule has 0 bridgehead atoms. The quantitative estimate of drug-likeness (QED) is 0.803. The van der Waals surface area contributed by atoms with E-state index < -0.39 is 10.0 Å². The fourth-order valence-electron chi connectivity index (χ4n) is 2.53. The van der Waals surface area contributed by atoms with Crippen LogP contribution in [0.1, 0.15) is 32.1 Å². The maximum Gasteiger partial charge on any atom is 0.244 e. The maximum atomic E-state index is 12.9. The number of nitrogens with one attached hydrogen (secondary N) is 1. The summed E-state index contributed by atoms with van der Waals surface area (Å²) < 4.78 is 27.4. The van der Waals surface area contributed by atoms with E-state index in [9.17, 15) is 8.42 Å². The SMILES string of the molecule is CCCNCc1sccc1S(=O)(=O)N1CC(C)SC(C)C1. The largest absolute Gasteiger partial charge is 0.312 e. The highest BCUT2D eigenvalue weighted by atomic mass is 32.2. The zero-order chi connectivity index (χ0) is 15.5. The summed E-state index contributed by atoms with van der Waals surface area (Å²) >= 11 is 3.38. The topological polar surface area (TPSA) is 49.4 Å². The second-order valence-electron chi connectivity index (χ2n) is 5.46. The molecule has 1 N–H and O–H groups in total. The summed E-state index contributed by atoms with van der Waals surface area (Å²) in [5.74, 6) is 0. The van der Waals surface area contributed by atoms with Crippen molar-refractivity contribution in [2.24, 2.45) is 0 Å². The number of thioether (sulfide) groups is 1. The standard InChI is InChI=1S/C14H24N2O2S3/c1-4-6-15-8-13-14(5-7-19-13)21(17,18)16-9-11(2)20-12(3)10-16/h5,7,11-12,15H,4,6,8-10H2,1-3H3. The number of nitrogens with zero attached hydrogens (tertiary/aromatic N) is 1. The molecule has 1 fully saturated rings. The Labute approximate surface area is 136 Å². The Morgan fingerprint density at radius 1 is 1.33 bits per heavy atom. The van der Waals surface area contributed by atoms with Crippen LogP contribution in [0.5, 0.6) is 0 Å². The first-order valence-corrected chi connectivity index (χ1v) is 10.6. The molecule has 2 rings (SSSR count). The van der Waals surface area contributed by atoms with Crippen molar-refractivity contribution in [3.05, 3.63) is 16.3 Å². The Morgan fingerprint density at radius 2 is 2.00 bits per heavy atom. The van der Waals surface area contributed by atoms with Crippen molar-refractivity contribution in [2.45, 2.75) is 49.1 Å². The smallest absolute Gasteiger partial charge is 0.244 e. The highest BCUT2D eigenvalue weighted by Crippen LogP contribution is 2.31. The lowest BCUT2D eigenvalue weighted by Crippen LogP contribution is -2.44. The highest BCUT2D eigenvalue weighted by molar-refractivity contribution is 8.00. The minimum atomic E-state index is -3.36. The molecule has 2 unspecified atom stereocenters. The van der Waals surface area contributed by atoms with Gasteiger partial charge < -0.3 is 5.32 Å². The molecular formula is C14H24N2O2S3. The fraction of sp³-hybridized carbons (Fsp3) is 0.714. The molecule has 7 heteroatoms. The molecule has 1 aromatic rings. The normalized spacial score (nSPS) is 24.3. The third kappa shape index (κ3) is 4.22. The van der Waals surface area contributed by atoms with Gasteiger partial charge >= 0.3 is 0 Å². The van der Waals surface area contributed by atoms with Crippen molar-refractivity contribution in [2.75, 3.05) is 19.6 Å². The van der Waals surface area contributed by atoms with Gasteiger partial charge in [0.25, 0.3) is 0 Å². The van der Waals surface area contributed by atoms with Crippen LogP contribution in [-0.4, -0.2) is 42.9 Å². The molecule has 2 heterocycles. The molecule has 0 amide bonds. The average molecular weight is 349 g/mol. The Kier molecular flexibility index (Phi) is 6.14. The van der Waals surface area contributed by atoms with Gasteiger partial charge in [0.1, 0.15) is 0 Å². The van der Waals surface area contributed by atoms with Gasteiger partial charge in [0, 0.05) is 35.0 Å². The van der Waals surface area contributed by atoms with Gasteiger partial charge in [-0.1, -0.05) is 20.8 Å². The lowest BCUT2D eigenvalue weighted by Gasteiger charge is -2.33. The third-order valence-corrected chi connectivity index (χ3v) is 7.61. The van der Waals surface area contributed by atoms with Crippen LogP contribution in [0.2, 0.25) is 0 Å². The summed E-state index contributed by atoms with van der Waals surface area (Å²) in [4.78, 5) is 1.41. The first-order valence-electron chi connectivity index (χ1n) is 7.37. The zero-order valence-electron chi connectivity index (χ0n) is 12.8. The van der Waals surface area contributed by atoms with Crippen LogP contribution in [0.4, 0.5) is 0 Å². The molecule has 120 valence electrons. The Bertz CT molecular complexity index is 546. The Balaban J connectivity index is 2.17. The number of hydrogen-bond donors (Lipinski definition) is 1. The third-order valence-electron chi connectivity index (χ3n) is 3.42. The molecule has 1 aliphatic heterocycles. The van der Waals surface area contributed by atoms with Crippen LogP contribution in [-0.2, 0) is 16.6 Å². The van der Waals surface area contributed by atoms with Gasteiger partial charge in [0.15, 0.2) is 0 Å². The molecule has 0 aliphatic carbocycles. The van der Waals surface area contributed by atoms with E-state index in [0.717, 1.165) is 17.8 Å². The molecular weight excluding hydrogens is 324 g/mol.